The van der Waals surface area contributed by atoms with Crippen molar-refractivity contribution < 1.29 is 14.4 Å². The molecule has 6 rings (SSSR count). The van der Waals surface area contributed by atoms with E-state index < -0.39 is 17.1 Å². The number of benzene rings is 3. The summed E-state index contributed by atoms with van der Waals surface area (Å²) >= 11 is 2.26. The van der Waals surface area contributed by atoms with Gasteiger partial charge in [-0.3, -0.25) is 23.7 Å². The van der Waals surface area contributed by atoms with Crippen molar-refractivity contribution in [1.82, 2.24) is 4.57 Å². The molecule has 3 heterocycles. The Balaban J connectivity index is 1.42. The standard InChI is InChI=1S/C31H28N4O4S2/c1-18-9-13-22(14-10-18)35-28(37)25-24(19-11-15-21(16-12-19)33(2)3)27-30(40-26(25)29(35)38)34(31(39)41-27)17-23(36)32-20-7-5-4-6-8-20/h4-16,24-26H,17H2,1-3H3,(H,32,36). The Labute approximate surface area is 245 Å². The van der Waals surface area contributed by atoms with Crippen LogP contribution in [-0.2, 0) is 20.9 Å². The first-order valence-electron chi connectivity index (χ1n) is 13.2. The van der Waals surface area contributed by atoms with E-state index in [1.807, 2.05) is 80.5 Å². The molecule has 0 saturated carbocycles. The van der Waals surface area contributed by atoms with E-state index >= 15 is 0 Å². The lowest BCUT2D eigenvalue weighted by molar-refractivity contribution is -0.122. The van der Waals surface area contributed by atoms with Crippen LogP contribution in [0.5, 0.6) is 0 Å². The number of imide groups is 1. The average molecular weight is 585 g/mol. The summed E-state index contributed by atoms with van der Waals surface area (Å²) < 4.78 is 1.44. The molecule has 3 aromatic carbocycles. The topological polar surface area (TPSA) is 91.7 Å². The number of fused-ring (bicyclic) bond motifs is 2. The molecule has 0 spiro atoms. The van der Waals surface area contributed by atoms with E-state index in [0.29, 0.717) is 21.3 Å². The van der Waals surface area contributed by atoms with Crippen LogP contribution in [0.3, 0.4) is 0 Å². The second-order valence-electron chi connectivity index (χ2n) is 10.4. The number of carbonyl (C=O) groups is 3. The smallest absolute Gasteiger partial charge is 0.308 e. The van der Waals surface area contributed by atoms with Crippen LogP contribution in [0.15, 0.2) is 88.7 Å². The number of hydrogen-bond donors (Lipinski definition) is 1. The third-order valence-corrected chi connectivity index (χ3v) is 10.1. The Morgan fingerprint density at radius 2 is 1.59 bits per heavy atom. The highest BCUT2D eigenvalue weighted by Crippen LogP contribution is 2.54. The van der Waals surface area contributed by atoms with Crippen LogP contribution in [0.1, 0.15) is 21.9 Å². The van der Waals surface area contributed by atoms with E-state index in [9.17, 15) is 19.2 Å². The van der Waals surface area contributed by atoms with Crippen molar-refractivity contribution >= 4 is 57.9 Å². The van der Waals surface area contributed by atoms with Gasteiger partial charge in [-0.25, -0.2) is 4.90 Å². The number of hydrogen-bond acceptors (Lipinski definition) is 7. The van der Waals surface area contributed by atoms with Gasteiger partial charge in [-0.1, -0.05) is 71.1 Å². The van der Waals surface area contributed by atoms with Gasteiger partial charge < -0.3 is 10.2 Å². The largest absolute Gasteiger partial charge is 0.378 e. The van der Waals surface area contributed by atoms with E-state index in [2.05, 4.69) is 5.32 Å². The molecule has 1 saturated heterocycles. The lowest BCUT2D eigenvalue weighted by atomic mass is 9.83. The summed E-state index contributed by atoms with van der Waals surface area (Å²) in [6, 6.07) is 24.2. The third-order valence-electron chi connectivity index (χ3n) is 7.47. The zero-order chi connectivity index (χ0) is 28.8. The Kier molecular flexibility index (Phi) is 7.04. The van der Waals surface area contributed by atoms with Crippen LogP contribution in [-0.4, -0.2) is 41.6 Å². The monoisotopic (exact) mass is 584 g/mol. The minimum atomic E-state index is -0.729. The van der Waals surface area contributed by atoms with Crippen molar-refractivity contribution in [2.45, 2.75) is 29.7 Å². The molecule has 2 aliphatic rings. The summed E-state index contributed by atoms with van der Waals surface area (Å²) in [7, 11) is 3.90. The minimum Gasteiger partial charge on any atom is -0.378 e. The Bertz CT molecular complexity index is 1690. The van der Waals surface area contributed by atoms with Gasteiger partial charge in [0.05, 0.1) is 16.6 Å². The number of aromatic nitrogens is 1. The SMILES string of the molecule is Cc1ccc(N2C(=O)C3Sc4c(sc(=O)n4CC(=O)Nc4ccccc4)C(c4ccc(N(C)C)cc4)C3C2=O)cc1. The van der Waals surface area contributed by atoms with Gasteiger partial charge in [0, 0.05) is 36.3 Å². The molecule has 2 aliphatic heterocycles. The van der Waals surface area contributed by atoms with Crippen LogP contribution in [0, 0.1) is 12.8 Å². The lowest BCUT2D eigenvalue weighted by Crippen LogP contribution is -2.33. The summed E-state index contributed by atoms with van der Waals surface area (Å²) in [6.07, 6.45) is 0. The molecule has 10 heteroatoms. The van der Waals surface area contributed by atoms with Crippen molar-refractivity contribution in [2.75, 3.05) is 29.2 Å². The van der Waals surface area contributed by atoms with E-state index in [-0.39, 0.29) is 29.1 Å². The number of para-hydroxylation sites is 1. The van der Waals surface area contributed by atoms with Gasteiger partial charge in [0.15, 0.2) is 0 Å². The summed E-state index contributed by atoms with van der Waals surface area (Å²) in [4.78, 5) is 57.8. The number of thioether (sulfide) groups is 1. The maximum Gasteiger partial charge on any atom is 0.308 e. The van der Waals surface area contributed by atoms with Crippen LogP contribution < -0.4 is 20.0 Å². The van der Waals surface area contributed by atoms with Crippen LogP contribution in [0.2, 0.25) is 0 Å². The highest BCUT2D eigenvalue weighted by molar-refractivity contribution is 8.00. The number of aryl methyl sites for hydroxylation is 1. The number of nitrogens with zero attached hydrogens (tertiary/aromatic N) is 3. The van der Waals surface area contributed by atoms with E-state index in [1.54, 1.807) is 24.3 Å². The molecule has 0 radical (unpaired) electrons. The first kappa shape index (κ1) is 27.0. The molecule has 0 bridgehead atoms. The molecular weight excluding hydrogens is 556 g/mol. The van der Waals surface area contributed by atoms with Crippen molar-refractivity contribution in [3.8, 4) is 0 Å². The van der Waals surface area contributed by atoms with Gasteiger partial charge in [0.2, 0.25) is 17.7 Å². The molecular formula is C31H28N4O4S2. The number of thiazole rings is 1. The summed E-state index contributed by atoms with van der Waals surface area (Å²) in [5.41, 5.74) is 4.03. The average Bonchev–Trinajstić information content (AvgIpc) is 3.40. The van der Waals surface area contributed by atoms with E-state index in [0.717, 1.165) is 28.2 Å². The molecule has 1 aromatic heterocycles. The first-order valence-corrected chi connectivity index (χ1v) is 14.9. The number of nitrogens with one attached hydrogen (secondary N) is 1. The van der Waals surface area contributed by atoms with Crippen LogP contribution in [0.4, 0.5) is 17.1 Å². The number of amides is 3. The Morgan fingerprint density at radius 3 is 2.24 bits per heavy atom. The number of anilines is 3. The molecule has 1 fully saturated rings. The van der Waals surface area contributed by atoms with Gasteiger partial charge >= 0.3 is 4.87 Å². The van der Waals surface area contributed by atoms with Gasteiger partial charge in [-0.15, -0.1) is 0 Å². The van der Waals surface area contributed by atoms with Crippen LogP contribution >= 0.6 is 23.1 Å². The second-order valence-corrected chi connectivity index (χ2v) is 12.5. The lowest BCUT2D eigenvalue weighted by Gasteiger charge is -2.31. The van der Waals surface area contributed by atoms with Gasteiger partial charge in [0.1, 0.15) is 11.8 Å². The molecule has 3 amide bonds. The molecule has 0 aliphatic carbocycles. The highest BCUT2D eigenvalue weighted by atomic mass is 32.2. The normalized spacial score (nSPS) is 19.6. The molecule has 3 unspecified atom stereocenters. The van der Waals surface area contributed by atoms with E-state index in [4.69, 9.17) is 0 Å². The van der Waals surface area contributed by atoms with Crippen LogP contribution in [0.25, 0.3) is 0 Å². The van der Waals surface area contributed by atoms with Gasteiger partial charge in [-0.2, -0.15) is 0 Å². The van der Waals surface area contributed by atoms with Gasteiger partial charge in [0.25, 0.3) is 0 Å². The maximum atomic E-state index is 14.0. The predicted octanol–water partition coefficient (Wildman–Crippen LogP) is 4.72. The predicted molar refractivity (Wildman–Crippen MR) is 163 cm³/mol. The van der Waals surface area contributed by atoms with Gasteiger partial charge in [-0.05, 0) is 48.9 Å². The third kappa shape index (κ3) is 4.87. The summed E-state index contributed by atoms with van der Waals surface area (Å²) in [5.74, 6) is -2.12. The fourth-order valence-electron chi connectivity index (χ4n) is 5.41. The number of rotatable bonds is 6. The zero-order valence-corrected chi connectivity index (χ0v) is 24.4. The maximum absolute atomic E-state index is 14.0. The van der Waals surface area contributed by atoms with Crippen molar-refractivity contribution in [3.05, 3.63) is 105 Å². The molecule has 1 N–H and O–H groups in total. The summed E-state index contributed by atoms with van der Waals surface area (Å²) in [6.45, 7) is 1.76. The Morgan fingerprint density at radius 1 is 0.902 bits per heavy atom. The second kappa shape index (κ2) is 10.7. The first-order chi connectivity index (χ1) is 19.7. The van der Waals surface area contributed by atoms with Crippen molar-refractivity contribution in [3.63, 3.8) is 0 Å². The quantitative estimate of drug-likeness (QED) is 0.330. The molecule has 3 atom stereocenters. The molecule has 8 nitrogen and oxygen atoms in total. The van der Waals surface area contributed by atoms with Crippen molar-refractivity contribution in [1.29, 1.82) is 0 Å². The fourth-order valence-corrected chi connectivity index (χ4v) is 8.18. The van der Waals surface area contributed by atoms with Crippen molar-refractivity contribution in [2.24, 2.45) is 5.92 Å². The molecule has 208 valence electrons. The summed E-state index contributed by atoms with van der Waals surface area (Å²) in [5, 5.41) is 2.67. The molecule has 41 heavy (non-hydrogen) atoms. The minimum absolute atomic E-state index is 0.194. The highest BCUT2D eigenvalue weighted by Gasteiger charge is 2.56. The fraction of sp³-hybridized carbons (Fsp3) is 0.226. The van der Waals surface area contributed by atoms with E-state index in [1.165, 1.54) is 21.2 Å². The Hall–Kier alpha value is -4.15. The molecule has 4 aromatic rings. The zero-order valence-electron chi connectivity index (χ0n) is 22.7. The number of carbonyl (C=O) groups excluding carboxylic acids is 3.